The number of amides is 1. The van der Waals surface area contributed by atoms with Crippen molar-refractivity contribution in [3.8, 4) is 11.1 Å². The zero-order valence-electron chi connectivity index (χ0n) is 17.9. The van der Waals surface area contributed by atoms with Gasteiger partial charge in [0.05, 0.1) is 13.2 Å². The molecule has 6 N–H and O–H groups in total. The highest BCUT2D eigenvalue weighted by Crippen LogP contribution is 2.44. The Balaban J connectivity index is 0.00000363. The molecule has 2 aromatic carbocycles. The normalized spacial score (nSPS) is 13.4. The van der Waals surface area contributed by atoms with Crippen molar-refractivity contribution in [2.75, 3.05) is 33.0 Å². The van der Waals surface area contributed by atoms with Crippen LogP contribution in [0.4, 0.5) is 4.79 Å². The lowest BCUT2D eigenvalue weighted by Crippen LogP contribution is -3.00. The van der Waals surface area contributed by atoms with E-state index in [9.17, 15) is 19.8 Å². The lowest BCUT2D eigenvalue weighted by atomic mass is 9.94. The van der Waals surface area contributed by atoms with E-state index in [1.54, 1.807) is 6.92 Å². The number of ether oxygens (including phenoxy) is 2. The predicted molar refractivity (Wildman–Crippen MR) is 113 cm³/mol. The van der Waals surface area contributed by atoms with Gasteiger partial charge in [-0.05, 0) is 22.3 Å². The number of hydrogen-bond donors (Lipinski definition) is 4. The van der Waals surface area contributed by atoms with Crippen molar-refractivity contribution >= 4 is 12.1 Å². The third kappa shape index (κ3) is 5.58. The molecule has 0 fully saturated rings. The van der Waals surface area contributed by atoms with E-state index in [0.717, 1.165) is 22.3 Å². The number of quaternary nitrogens is 1. The van der Waals surface area contributed by atoms with Crippen LogP contribution in [0, 0.1) is 5.41 Å². The van der Waals surface area contributed by atoms with E-state index in [4.69, 9.17) is 9.47 Å². The molecule has 0 bridgehead atoms. The van der Waals surface area contributed by atoms with Crippen LogP contribution in [0.5, 0.6) is 0 Å². The molecule has 0 aromatic heterocycles. The van der Waals surface area contributed by atoms with Gasteiger partial charge in [-0.3, -0.25) is 0 Å². The Bertz CT molecular complexity index is 889. The van der Waals surface area contributed by atoms with Gasteiger partial charge in [0, 0.05) is 11.3 Å². The Morgan fingerprint density at radius 2 is 1.56 bits per heavy atom. The second-order valence-corrected chi connectivity index (χ2v) is 8.05. The van der Waals surface area contributed by atoms with Crippen LogP contribution in [0.25, 0.3) is 11.1 Å². The van der Waals surface area contributed by atoms with Gasteiger partial charge in [0.1, 0.15) is 19.8 Å². The predicted octanol–water partition coefficient (Wildman–Crippen LogP) is -2.33. The average Bonchev–Trinajstić information content (AvgIpc) is 3.13. The van der Waals surface area contributed by atoms with Gasteiger partial charge >= 0.3 is 12.1 Å². The van der Waals surface area contributed by atoms with Gasteiger partial charge in [-0.15, -0.1) is 0 Å². The molecule has 9 heteroatoms. The Hall–Kier alpha value is -2.65. The van der Waals surface area contributed by atoms with Crippen LogP contribution < -0.4 is 23.5 Å². The van der Waals surface area contributed by atoms with Gasteiger partial charge in [0.25, 0.3) is 0 Å². The number of aliphatic hydroxyl groups excluding tert-OH is 2. The molecule has 0 unspecified atom stereocenters. The summed E-state index contributed by atoms with van der Waals surface area (Å²) < 4.78 is 10.6. The standard InChI is InChI=1S/C23H28N2O6.ClH/c1-23(12-26,13-27)14-31-21(28)20(10-24)25-22(29)30-11-19-17-8-4-2-6-15(17)16-7-3-5-9-18(16)19;/h2-9,19-20,26-27H,10-14,24H2,1H3,(H,25,29);1H/t20-;/m0./s1. The summed E-state index contributed by atoms with van der Waals surface area (Å²) in [5, 5.41) is 21.1. The van der Waals surface area contributed by atoms with Crippen molar-refractivity contribution in [2.24, 2.45) is 5.41 Å². The molecule has 0 saturated heterocycles. The molecule has 1 atom stereocenters. The Morgan fingerprint density at radius 3 is 2.06 bits per heavy atom. The van der Waals surface area contributed by atoms with E-state index >= 15 is 0 Å². The smallest absolute Gasteiger partial charge is 0.408 e. The number of alkyl carbamates (subject to hydrolysis) is 1. The minimum absolute atomic E-state index is 0. The second-order valence-electron chi connectivity index (χ2n) is 8.05. The second kappa shape index (κ2) is 11.3. The van der Waals surface area contributed by atoms with Gasteiger partial charge in [0.15, 0.2) is 6.04 Å². The summed E-state index contributed by atoms with van der Waals surface area (Å²) >= 11 is 0. The van der Waals surface area contributed by atoms with Crippen molar-refractivity contribution in [3.05, 3.63) is 59.7 Å². The molecule has 1 aliphatic rings. The lowest BCUT2D eigenvalue weighted by Gasteiger charge is -2.25. The molecule has 0 saturated carbocycles. The molecule has 1 aliphatic carbocycles. The summed E-state index contributed by atoms with van der Waals surface area (Å²) in [6.07, 6.45) is -0.737. The summed E-state index contributed by atoms with van der Waals surface area (Å²) in [4.78, 5) is 24.6. The van der Waals surface area contributed by atoms with Gasteiger partial charge in [-0.25, -0.2) is 9.59 Å². The fourth-order valence-electron chi connectivity index (χ4n) is 3.52. The first kappa shape index (κ1) is 25.6. The molecule has 2 aromatic rings. The van der Waals surface area contributed by atoms with Gasteiger partial charge in [-0.1, -0.05) is 55.5 Å². The maximum absolute atomic E-state index is 12.4. The minimum atomic E-state index is -0.989. The molecule has 8 nitrogen and oxygen atoms in total. The Labute approximate surface area is 193 Å². The number of esters is 1. The van der Waals surface area contributed by atoms with E-state index in [2.05, 4.69) is 23.2 Å². The number of nitrogens with one attached hydrogen (secondary N) is 1. The number of hydrogen-bond acceptors (Lipinski definition) is 6. The fourth-order valence-corrected chi connectivity index (χ4v) is 3.52. The highest BCUT2D eigenvalue weighted by atomic mass is 35.5. The topological polar surface area (TPSA) is 133 Å². The number of carbonyl (C=O) groups is 2. The summed E-state index contributed by atoms with van der Waals surface area (Å²) in [5.74, 6) is -0.783. The van der Waals surface area contributed by atoms with Crippen LogP contribution in [-0.2, 0) is 14.3 Å². The van der Waals surface area contributed by atoms with Gasteiger partial charge in [0.2, 0.25) is 0 Å². The minimum Gasteiger partial charge on any atom is -1.00 e. The third-order valence-electron chi connectivity index (χ3n) is 5.54. The molecular weight excluding hydrogens is 436 g/mol. The van der Waals surface area contributed by atoms with Gasteiger partial charge in [-0.2, -0.15) is 0 Å². The Kier molecular flexibility index (Phi) is 9.03. The van der Waals surface area contributed by atoms with Crippen LogP contribution in [0.1, 0.15) is 24.0 Å². The van der Waals surface area contributed by atoms with Crippen molar-refractivity contribution in [2.45, 2.75) is 18.9 Å². The Morgan fingerprint density at radius 1 is 1.03 bits per heavy atom. The van der Waals surface area contributed by atoms with Crippen molar-refractivity contribution in [1.82, 2.24) is 5.32 Å². The monoisotopic (exact) mass is 464 g/mol. The molecule has 0 aliphatic heterocycles. The average molecular weight is 465 g/mol. The summed E-state index contributed by atoms with van der Waals surface area (Å²) in [6, 6.07) is 15.0. The molecule has 0 heterocycles. The number of carbonyl (C=O) groups excluding carboxylic acids is 2. The SMILES string of the molecule is CC(CO)(CO)COC(=O)[C@H](C[NH3+])NC(=O)OCC1c2ccccc2-c2ccccc21.[Cl-]. The van der Waals surface area contributed by atoms with E-state index in [0.29, 0.717) is 0 Å². The fraction of sp³-hybridized carbons (Fsp3) is 0.391. The zero-order valence-corrected chi connectivity index (χ0v) is 18.7. The molecule has 174 valence electrons. The van der Waals surface area contributed by atoms with Crippen LogP contribution in [0.3, 0.4) is 0 Å². The number of aliphatic hydroxyl groups is 2. The lowest BCUT2D eigenvalue weighted by molar-refractivity contribution is -0.371. The molecule has 1 amide bonds. The highest BCUT2D eigenvalue weighted by Gasteiger charge is 2.31. The van der Waals surface area contributed by atoms with Crippen LogP contribution in [0.2, 0.25) is 0 Å². The largest absolute Gasteiger partial charge is 1.00 e. The molecule has 0 spiro atoms. The van der Waals surface area contributed by atoms with E-state index < -0.39 is 23.5 Å². The van der Waals surface area contributed by atoms with Gasteiger partial charge < -0.3 is 43.1 Å². The quantitative estimate of drug-likeness (QED) is 0.308. The number of halogens is 1. The van der Waals surface area contributed by atoms with E-state index in [1.807, 2.05) is 36.4 Å². The maximum Gasteiger partial charge on any atom is 0.408 e. The zero-order chi connectivity index (χ0) is 22.4. The summed E-state index contributed by atoms with van der Waals surface area (Å²) in [6.45, 7) is 0.918. The number of rotatable bonds is 9. The van der Waals surface area contributed by atoms with Crippen molar-refractivity contribution < 1.29 is 47.4 Å². The van der Waals surface area contributed by atoms with Crippen molar-refractivity contribution in [1.29, 1.82) is 0 Å². The van der Waals surface area contributed by atoms with Crippen LogP contribution >= 0.6 is 0 Å². The molecule has 3 rings (SSSR count). The van der Waals surface area contributed by atoms with E-state index in [1.165, 1.54) is 0 Å². The molecule has 0 radical (unpaired) electrons. The first-order valence-electron chi connectivity index (χ1n) is 10.2. The van der Waals surface area contributed by atoms with Crippen molar-refractivity contribution in [3.63, 3.8) is 0 Å². The maximum atomic E-state index is 12.4. The highest BCUT2D eigenvalue weighted by molar-refractivity contribution is 5.82. The third-order valence-corrected chi connectivity index (χ3v) is 5.54. The van der Waals surface area contributed by atoms with Crippen LogP contribution in [-0.4, -0.2) is 61.3 Å². The first-order chi connectivity index (χ1) is 14.9. The first-order valence-corrected chi connectivity index (χ1v) is 10.2. The van der Waals surface area contributed by atoms with Crippen LogP contribution in [0.15, 0.2) is 48.5 Å². The number of benzene rings is 2. The molecule has 32 heavy (non-hydrogen) atoms. The summed E-state index contributed by atoms with van der Waals surface area (Å²) in [5.41, 5.74) is 7.16. The summed E-state index contributed by atoms with van der Waals surface area (Å²) in [7, 11) is 0. The number of fused-ring (bicyclic) bond motifs is 3. The van der Waals surface area contributed by atoms with E-state index in [-0.39, 0.29) is 51.3 Å². The molecular formula is C23H29ClN2O6.